The average Bonchev–Trinajstić information content (AvgIpc) is 0.799. The molecule has 14 atom stereocenters. The van der Waals surface area contributed by atoms with Crippen molar-refractivity contribution in [3.05, 3.63) is 108 Å². The summed E-state index contributed by atoms with van der Waals surface area (Å²) in [6.07, 6.45) is -8.66. The summed E-state index contributed by atoms with van der Waals surface area (Å²) in [5.74, 6) is -16.9. The Balaban J connectivity index is 2.03. The van der Waals surface area contributed by atoms with Gasteiger partial charge in [-0.25, -0.2) is 9.59 Å². The van der Waals surface area contributed by atoms with Crippen LogP contribution in [0.15, 0.2) is 91.0 Å². The highest BCUT2D eigenvalue weighted by Crippen LogP contribution is 2.28. The molecule has 3 aromatic carbocycles. The molecule has 0 aliphatic rings. The number of alkyl carbamates (subject to hydrolysis) is 2. The van der Waals surface area contributed by atoms with Gasteiger partial charge in [0.2, 0.25) is 41.4 Å². The van der Waals surface area contributed by atoms with Crippen molar-refractivity contribution in [1.82, 2.24) is 42.5 Å². The van der Waals surface area contributed by atoms with Crippen molar-refractivity contribution in [3.63, 3.8) is 0 Å². The summed E-state index contributed by atoms with van der Waals surface area (Å²) in [6.45, 7) is 21.2. The van der Waals surface area contributed by atoms with Crippen LogP contribution in [0.4, 0.5) is 9.59 Å². The van der Waals surface area contributed by atoms with Gasteiger partial charge in [0.15, 0.2) is 23.1 Å². The highest BCUT2D eigenvalue weighted by Gasteiger charge is 2.42. The molecular weight excluding hydrogens is 1410 g/mol. The SMILES string of the molecule is CC[C@H](C)C(CC(=O)[C@@H](CCCNC(=O)OCc1ccccc1)NC(=O)[C@@H](CC(=O)[C@@H](NC(=O)[C@@H](NC(=O)[C@H](CC(C)(C)C)NC(=O)[C@@H](CC(C)(C)C)NC(=O)OCc1ccccc1)[C@H](N)c1ccccc1)[C@H](O)C(C)C)CC(C)C)C(=O)N[C@H](C(=O)CCC(=O)N[C@@H](CC(N)=O)C(=O)C[C@@H](CO)C(=O)O)[C@H](C)O. The summed E-state index contributed by atoms with van der Waals surface area (Å²) in [5.41, 5.74) is 12.8. The Morgan fingerprint density at radius 1 is 0.505 bits per heavy atom. The molecule has 109 heavy (non-hydrogen) atoms. The molecule has 3 aromatic rings. The minimum Gasteiger partial charge on any atom is -0.481 e. The Labute approximate surface area is 639 Å². The van der Waals surface area contributed by atoms with Gasteiger partial charge in [0.05, 0.1) is 49.3 Å². The molecule has 1 unspecified atom stereocenters. The first-order valence-electron chi connectivity index (χ1n) is 37.2. The number of nitrogens with two attached hydrogens (primary N) is 2. The summed E-state index contributed by atoms with van der Waals surface area (Å²) < 4.78 is 10.8. The van der Waals surface area contributed by atoms with E-state index in [2.05, 4.69) is 42.5 Å². The molecule has 9 amide bonds. The van der Waals surface area contributed by atoms with Gasteiger partial charge in [-0.15, -0.1) is 0 Å². The molecule has 0 aliphatic heterocycles. The Bertz CT molecular complexity index is 3490. The Kier molecular flexibility index (Phi) is 39.6. The lowest BCUT2D eigenvalue weighted by atomic mass is 9.83. The van der Waals surface area contributed by atoms with Crippen LogP contribution < -0.4 is 54.0 Å². The van der Waals surface area contributed by atoms with E-state index in [-0.39, 0.29) is 64.2 Å². The molecule has 0 saturated carbocycles. The van der Waals surface area contributed by atoms with E-state index in [1.807, 2.05) is 47.6 Å². The minimum absolute atomic E-state index is 0.000668. The van der Waals surface area contributed by atoms with Crippen LogP contribution in [-0.2, 0) is 80.2 Å². The lowest BCUT2D eigenvalue weighted by molar-refractivity contribution is -0.145. The van der Waals surface area contributed by atoms with Crippen molar-refractivity contribution in [1.29, 1.82) is 0 Å². The van der Waals surface area contributed by atoms with Crippen LogP contribution >= 0.6 is 0 Å². The van der Waals surface area contributed by atoms with Crippen molar-refractivity contribution >= 4 is 82.6 Å². The normalized spacial score (nSPS) is 15.5. The molecule has 16 N–H and O–H groups in total. The Morgan fingerprint density at radius 2 is 0.991 bits per heavy atom. The molecule has 0 bridgehead atoms. The molecule has 30 heteroatoms. The number of hydrogen-bond donors (Lipinski definition) is 14. The standard InChI is InChI=1S/C79H118N10O20/c1-14-47(6)54(71(100)87-66(48(7)91)59(92)32-33-64(97)83-56(39-63(80)96)60(93)37-53(42-90)75(104)105)38-61(94)55(31-24-34-82-76(106)108-43-49-25-18-15-19-26-49)84-70(99)52(35-45(2)3)36-62(95)67(69(98)46(4)5)88-74(103)68(65(81)51-29-22-17-23-30-51)89-73(102)57(40-78(8,9)10)85-72(101)58(41-79(11,12)13)86-77(107)109-44-50-27-20-16-21-28-50/h15-23,25-30,45-48,52-58,65-69,90-91,98H,14,24,31-44,81H2,1-13H3,(H2,80,96)(H,82,106)(H,83,97)(H,84,99)(H,85,101)(H,86,107)(H,87,100)(H,88,103)(H,89,102)(H,104,105)/t47-,48-,52+,53-,54?,55+,56-,57-,58+,65+,66-,67+,68-,69+/m0/s1. The van der Waals surface area contributed by atoms with Gasteiger partial charge in [0.1, 0.15) is 43.4 Å². The summed E-state index contributed by atoms with van der Waals surface area (Å²) in [7, 11) is 0. The number of carbonyl (C=O) groups excluding carboxylic acids is 13. The van der Waals surface area contributed by atoms with Crippen LogP contribution in [0.1, 0.15) is 190 Å². The lowest BCUT2D eigenvalue weighted by Gasteiger charge is -2.33. The number of aliphatic hydroxyl groups is 3. The van der Waals surface area contributed by atoms with Crippen molar-refractivity contribution in [2.24, 2.45) is 57.8 Å². The number of ether oxygens (including phenoxy) is 2. The number of primary amides is 1. The zero-order chi connectivity index (χ0) is 82.0. The van der Waals surface area contributed by atoms with E-state index in [9.17, 15) is 73.2 Å². The molecule has 0 aromatic heterocycles. The number of ketones is 4. The van der Waals surface area contributed by atoms with Gasteiger partial charge in [0, 0.05) is 50.5 Å². The molecule has 30 nitrogen and oxygen atoms in total. The second kappa shape index (κ2) is 46.1. The number of Topliss-reactive ketones (excluding diaryl/α,β-unsaturated/α-hetero) is 4. The predicted octanol–water partition coefficient (Wildman–Crippen LogP) is 4.99. The van der Waals surface area contributed by atoms with Crippen LogP contribution in [-0.4, -0.2) is 171 Å². The monoisotopic (exact) mass is 1530 g/mol. The Morgan fingerprint density at radius 3 is 1.49 bits per heavy atom. The maximum atomic E-state index is 15.1. The number of rotatable bonds is 48. The van der Waals surface area contributed by atoms with Gasteiger partial charge < -0.3 is 83.9 Å². The fourth-order valence-electron chi connectivity index (χ4n) is 12.0. The quantitative estimate of drug-likeness (QED) is 0.0331. The fraction of sp³-hybridized carbons (Fsp3) is 0.595. The molecule has 3 rings (SSSR count). The van der Waals surface area contributed by atoms with Gasteiger partial charge >= 0.3 is 18.2 Å². The zero-order valence-electron chi connectivity index (χ0n) is 65.2. The summed E-state index contributed by atoms with van der Waals surface area (Å²) in [5, 5.41) is 62.7. The van der Waals surface area contributed by atoms with Crippen molar-refractivity contribution in [2.75, 3.05) is 13.2 Å². The number of aliphatic carboxylic acids is 1. The third-order valence-corrected chi connectivity index (χ3v) is 18.3. The number of amides is 9. The maximum absolute atomic E-state index is 15.1. The smallest absolute Gasteiger partial charge is 0.408 e. The molecule has 0 fully saturated rings. The third-order valence-electron chi connectivity index (χ3n) is 18.3. The molecule has 0 spiro atoms. The number of carbonyl (C=O) groups is 14. The average molecular weight is 1530 g/mol. The van der Waals surface area contributed by atoms with Crippen LogP contribution in [0.2, 0.25) is 0 Å². The predicted molar refractivity (Wildman–Crippen MR) is 404 cm³/mol. The number of carboxylic acid groups (broad SMARTS) is 1. The van der Waals surface area contributed by atoms with Crippen LogP contribution in [0.5, 0.6) is 0 Å². The number of hydrogen-bond acceptors (Lipinski definition) is 20. The molecule has 0 saturated heterocycles. The van der Waals surface area contributed by atoms with Crippen LogP contribution in [0.25, 0.3) is 0 Å². The van der Waals surface area contributed by atoms with E-state index in [0.29, 0.717) is 16.7 Å². The molecule has 0 radical (unpaired) electrons. The summed E-state index contributed by atoms with van der Waals surface area (Å²) in [6, 6.07) is 13.9. The number of aliphatic hydroxyl groups excluding tert-OH is 3. The van der Waals surface area contributed by atoms with Crippen molar-refractivity contribution < 1.29 is 97.0 Å². The third kappa shape index (κ3) is 34.7. The van der Waals surface area contributed by atoms with E-state index < -0.39 is 229 Å². The van der Waals surface area contributed by atoms with Crippen LogP contribution in [0.3, 0.4) is 0 Å². The highest BCUT2D eigenvalue weighted by atomic mass is 16.6. The zero-order valence-corrected chi connectivity index (χ0v) is 65.2. The van der Waals surface area contributed by atoms with Crippen molar-refractivity contribution in [2.45, 2.75) is 241 Å². The first kappa shape index (κ1) is 93.7. The molecule has 0 heterocycles. The largest absolute Gasteiger partial charge is 0.481 e. The van der Waals surface area contributed by atoms with E-state index in [1.54, 1.807) is 126 Å². The van der Waals surface area contributed by atoms with Gasteiger partial charge in [-0.3, -0.25) is 57.5 Å². The second-order valence-corrected chi connectivity index (χ2v) is 31.2. The highest BCUT2D eigenvalue weighted by molar-refractivity contribution is 6.00. The number of nitrogens with one attached hydrogen (secondary N) is 8. The van der Waals surface area contributed by atoms with Gasteiger partial charge in [-0.05, 0) is 84.3 Å². The minimum atomic E-state index is -1.77. The second-order valence-electron chi connectivity index (χ2n) is 31.2. The van der Waals surface area contributed by atoms with E-state index >= 15 is 14.4 Å². The lowest BCUT2D eigenvalue weighted by Crippen LogP contribution is -2.62. The van der Waals surface area contributed by atoms with Gasteiger partial charge in [-0.2, -0.15) is 0 Å². The maximum Gasteiger partial charge on any atom is 0.408 e. The first-order chi connectivity index (χ1) is 51.0. The van der Waals surface area contributed by atoms with E-state index in [4.69, 9.17) is 20.9 Å². The number of benzene rings is 3. The van der Waals surface area contributed by atoms with Crippen LogP contribution in [0, 0.1) is 46.3 Å². The van der Waals surface area contributed by atoms with Gasteiger partial charge in [-0.1, -0.05) is 181 Å². The first-order valence-corrected chi connectivity index (χ1v) is 37.2. The molecule has 0 aliphatic carbocycles. The fourth-order valence-corrected chi connectivity index (χ4v) is 12.0. The molecule has 604 valence electrons. The van der Waals surface area contributed by atoms with Gasteiger partial charge in [0.25, 0.3) is 0 Å². The summed E-state index contributed by atoms with van der Waals surface area (Å²) >= 11 is 0. The molecular formula is C79H118N10O20. The number of carboxylic acids is 1. The topological polar surface area (TPSA) is 487 Å². The van der Waals surface area contributed by atoms with Crippen molar-refractivity contribution in [3.8, 4) is 0 Å². The van der Waals surface area contributed by atoms with E-state index in [1.165, 1.54) is 6.92 Å². The Hall–Kier alpha value is -9.52. The van der Waals surface area contributed by atoms with E-state index in [0.717, 1.165) is 0 Å². The summed E-state index contributed by atoms with van der Waals surface area (Å²) in [4.78, 5) is 193.